The second-order valence-electron chi connectivity index (χ2n) is 4.75. The molecule has 0 fully saturated rings. The zero-order valence-corrected chi connectivity index (χ0v) is 13.0. The molecule has 1 aromatic heterocycles. The first-order chi connectivity index (χ1) is 11.0. The maximum Gasteiger partial charge on any atom is 0.176 e. The van der Waals surface area contributed by atoms with E-state index in [4.69, 9.17) is 27.7 Å². The Labute approximate surface area is 140 Å². The predicted molar refractivity (Wildman–Crippen MR) is 83.2 cm³/mol. The molecule has 0 saturated heterocycles. The second-order valence-corrected chi connectivity index (χ2v) is 5.59. The summed E-state index contributed by atoms with van der Waals surface area (Å²) in [6.07, 6.45) is 0. The zero-order valence-electron chi connectivity index (χ0n) is 11.5. The van der Waals surface area contributed by atoms with Crippen molar-refractivity contribution in [3.63, 3.8) is 0 Å². The maximum atomic E-state index is 13.9. The average Bonchev–Trinajstić information content (AvgIpc) is 2.95. The van der Waals surface area contributed by atoms with Crippen molar-refractivity contribution in [1.29, 1.82) is 0 Å². The molecule has 1 heterocycles. The van der Waals surface area contributed by atoms with E-state index in [0.717, 1.165) is 18.2 Å². The first kappa shape index (κ1) is 15.9. The monoisotopic (exact) mass is 355 g/mol. The van der Waals surface area contributed by atoms with Crippen LogP contribution in [0.1, 0.15) is 5.56 Å². The van der Waals surface area contributed by atoms with Gasteiger partial charge in [-0.3, -0.25) is 0 Å². The van der Waals surface area contributed by atoms with Crippen LogP contribution in [0.4, 0.5) is 8.78 Å². The van der Waals surface area contributed by atoms with Crippen LogP contribution in [-0.2, 0) is 6.61 Å². The Hall–Kier alpha value is -1.95. The molecule has 118 valence electrons. The molecule has 0 unspecified atom stereocenters. The number of benzene rings is 2. The number of hydrogen-bond acceptors (Lipinski definition) is 3. The number of aliphatic hydroxyl groups excluding tert-OH is 1. The molecule has 0 atom stereocenters. The van der Waals surface area contributed by atoms with Gasteiger partial charge in [-0.15, -0.1) is 0 Å². The van der Waals surface area contributed by atoms with Crippen LogP contribution in [0.5, 0.6) is 0 Å². The second kappa shape index (κ2) is 6.28. The minimum absolute atomic E-state index is 0.0597. The van der Waals surface area contributed by atoms with E-state index in [-0.39, 0.29) is 22.6 Å². The van der Waals surface area contributed by atoms with E-state index in [1.54, 1.807) is 18.2 Å². The predicted octanol–water partition coefficient (Wildman–Crippen LogP) is 5.09. The Bertz CT molecular complexity index is 812. The number of halogens is 4. The molecule has 0 saturated carbocycles. The summed E-state index contributed by atoms with van der Waals surface area (Å²) in [4.78, 5) is 0. The molecule has 3 rings (SSSR count). The van der Waals surface area contributed by atoms with Crippen molar-refractivity contribution in [3.05, 3.63) is 63.6 Å². The van der Waals surface area contributed by atoms with E-state index in [9.17, 15) is 13.9 Å². The summed E-state index contributed by atoms with van der Waals surface area (Å²) in [5, 5.41) is 14.2. The Morgan fingerprint density at radius 1 is 1.04 bits per heavy atom. The quantitative estimate of drug-likeness (QED) is 0.711. The molecular weight excluding hydrogens is 347 g/mol. The van der Waals surface area contributed by atoms with Crippen molar-refractivity contribution < 1.29 is 18.4 Å². The maximum absolute atomic E-state index is 13.9. The summed E-state index contributed by atoms with van der Waals surface area (Å²) in [5.74, 6) is -1.39. The lowest BCUT2D eigenvalue weighted by molar-refractivity contribution is 0.281. The third-order valence-corrected chi connectivity index (χ3v) is 3.87. The van der Waals surface area contributed by atoms with Gasteiger partial charge >= 0.3 is 0 Å². The Kier molecular flexibility index (Phi) is 4.35. The summed E-state index contributed by atoms with van der Waals surface area (Å²) >= 11 is 12.1. The van der Waals surface area contributed by atoms with Crippen LogP contribution in [0.3, 0.4) is 0 Å². The molecule has 0 amide bonds. The van der Waals surface area contributed by atoms with Crippen LogP contribution in [0, 0.1) is 11.6 Å². The van der Waals surface area contributed by atoms with Gasteiger partial charge in [-0.1, -0.05) is 28.4 Å². The van der Waals surface area contributed by atoms with Gasteiger partial charge in [-0.2, -0.15) is 0 Å². The number of rotatable bonds is 3. The Morgan fingerprint density at radius 3 is 2.57 bits per heavy atom. The number of aliphatic hydroxyl groups is 1. The topological polar surface area (TPSA) is 46.3 Å². The minimum Gasteiger partial charge on any atom is -0.391 e. The van der Waals surface area contributed by atoms with Gasteiger partial charge in [0.15, 0.2) is 5.76 Å². The molecule has 2 aromatic carbocycles. The van der Waals surface area contributed by atoms with Crippen LogP contribution < -0.4 is 0 Å². The van der Waals surface area contributed by atoms with Crippen LogP contribution in [0.25, 0.3) is 22.6 Å². The van der Waals surface area contributed by atoms with Gasteiger partial charge in [-0.05, 0) is 36.4 Å². The molecule has 0 bridgehead atoms. The lowest BCUT2D eigenvalue weighted by atomic mass is 10.0. The van der Waals surface area contributed by atoms with Crippen LogP contribution in [-0.4, -0.2) is 10.3 Å². The molecule has 3 nitrogen and oxygen atoms in total. The van der Waals surface area contributed by atoms with E-state index in [2.05, 4.69) is 5.16 Å². The first-order valence-corrected chi connectivity index (χ1v) is 7.27. The molecule has 1 N–H and O–H groups in total. The molecule has 0 aliphatic heterocycles. The van der Waals surface area contributed by atoms with Gasteiger partial charge in [-0.25, -0.2) is 8.78 Å². The third kappa shape index (κ3) is 2.95. The number of nitrogens with zero attached hydrogens (tertiary/aromatic N) is 1. The van der Waals surface area contributed by atoms with Crippen molar-refractivity contribution in [1.82, 2.24) is 5.16 Å². The van der Waals surface area contributed by atoms with Gasteiger partial charge in [0.2, 0.25) is 0 Å². The fourth-order valence-electron chi connectivity index (χ4n) is 2.23. The minimum atomic E-state index is -0.694. The highest BCUT2D eigenvalue weighted by Gasteiger charge is 2.22. The van der Waals surface area contributed by atoms with Gasteiger partial charge in [0.05, 0.1) is 22.8 Å². The van der Waals surface area contributed by atoms with E-state index in [1.165, 1.54) is 0 Å². The van der Waals surface area contributed by atoms with E-state index in [1.807, 2.05) is 0 Å². The van der Waals surface area contributed by atoms with Gasteiger partial charge in [0.1, 0.15) is 17.3 Å². The van der Waals surface area contributed by atoms with Gasteiger partial charge in [0, 0.05) is 10.6 Å². The molecule has 23 heavy (non-hydrogen) atoms. The largest absolute Gasteiger partial charge is 0.391 e. The lowest BCUT2D eigenvalue weighted by Gasteiger charge is -2.05. The summed E-state index contributed by atoms with van der Waals surface area (Å²) in [6.45, 7) is -0.493. The highest BCUT2D eigenvalue weighted by Crippen LogP contribution is 2.37. The van der Waals surface area contributed by atoms with Crippen molar-refractivity contribution >= 4 is 23.2 Å². The average molecular weight is 356 g/mol. The summed E-state index contributed by atoms with van der Waals surface area (Å²) < 4.78 is 32.5. The van der Waals surface area contributed by atoms with E-state index < -0.39 is 18.2 Å². The lowest BCUT2D eigenvalue weighted by Crippen LogP contribution is -1.92. The Balaban J connectivity index is 2.21. The Morgan fingerprint density at radius 2 is 1.83 bits per heavy atom. The molecule has 3 aromatic rings. The molecule has 7 heteroatoms. The summed E-state index contributed by atoms with van der Waals surface area (Å²) in [5.41, 5.74) is 0.707. The first-order valence-electron chi connectivity index (χ1n) is 6.51. The van der Waals surface area contributed by atoms with Crippen molar-refractivity contribution in [2.45, 2.75) is 6.61 Å². The summed E-state index contributed by atoms with van der Waals surface area (Å²) in [7, 11) is 0. The molecule has 0 aliphatic rings. The van der Waals surface area contributed by atoms with Gasteiger partial charge < -0.3 is 9.63 Å². The van der Waals surface area contributed by atoms with E-state index >= 15 is 0 Å². The summed E-state index contributed by atoms with van der Waals surface area (Å²) in [6, 6.07) is 7.64. The normalized spacial score (nSPS) is 11.0. The smallest absolute Gasteiger partial charge is 0.176 e. The van der Waals surface area contributed by atoms with Crippen molar-refractivity contribution in [3.8, 4) is 22.6 Å². The molecule has 0 radical (unpaired) electrons. The van der Waals surface area contributed by atoms with Crippen LogP contribution in [0.15, 0.2) is 40.9 Å². The molecular formula is C16H9Cl2F2NO2. The van der Waals surface area contributed by atoms with Crippen LogP contribution in [0.2, 0.25) is 10.0 Å². The van der Waals surface area contributed by atoms with Crippen molar-refractivity contribution in [2.24, 2.45) is 0 Å². The standard InChI is InChI=1S/C16H9Cl2F2NO2/c17-8-1-3-13(18)10(5-8)15-12(7-22)16(23-21-15)11-6-9(19)2-4-14(11)20/h1-6,22H,7H2. The fraction of sp³-hybridized carbons (Fsp3) is 0.0625. The SMILES string of the molecule is OCc1c(-c2cc(Cl)ccc2Cl)noc1-c1cc(F)ccc1F. The van der Waals surface area contributed by atoms with E-state index in [0.29, 0.717) is 15.6 Å². The number of hydrogen-bond donors (Lipinski definition) is 1. The highest BCUT2D eigenvalue weighted by molar-refractivity contribution is 6.35. The molecule has 0 aliphatic carbocycles. The third-order valence-electron chi connectivity index (χ3n) is 3.30. The van der Waals surface area contributed by atoms with Crippen molar-refractivity contribution in [2.75, 3.05) is 0 Å². The van der Waals surface area contributed by atoms with Gasteiger partial charge in [0.25, 0.3) is 0 Å². The van der Waals surface area contributed by atoms with Crippen LogP contribution >= 0.6 is 23.2 Å². The fourth-order valence-corrected chi connectivity index (χ4v) is 2.61. The number of aromatic nitrogens is 1. The zero-order chi connectivity index (χ0) is 16.6. The highest BCUT2D eigenvalue weighted by atomic mass is 35.5. The molecule has 0 spiro atoms.